The Labute approximate surface area is 225 Å². The van der Waals surface area contributed by atoms with E-state index in [1.54, 1.807) is 6.33 Å². The largest absolute Gasteiger partial charge is 0.692 e. The summed E-state index contributed by atoms with van der Waals surface area (Å²) in [5.74, 6) is 0.536. The zero-order valence-electron chi connectivity index (χ0n) is 22.3. The molecule has 1 heterocycles. The highest BCUT2D eigenvalue weighted by atomic mass is 31.1. The first-order valence-corrected chi connectivity index (χ1v) is 13.9. The van der Waals surface area contributed by atoms with Crippen LogP contribution in [-0.2, 0) is 16.5 Å². The summed E-state index contributed by atoms with van der Waals surface area (Å²) in [5, 5.41) is 4.97. The summed E-state index contributed by atoms with van der Waals surface area (Å²) in [4.78, 5) is 18.9. The van der Waals surface area contributed by atoms with Crippen molar-refractivity contribution in [3.63, 3.8) is 0 Å². The third kappa shape index (κ3) is 6.41. The molecule has 2 N–H and O–H groups in total. The van der Waals surface area contributed by atoms with Gasteiger partial charge < -0.3 is 0 Å². The molecule has 0 spiro atoms. The lowest BCUT2D eigenvalue weighted by Gasteiger charge is -2.36. The maximum Gasteiger partial charge on any atom is 0.692 e. The lowest BCUT2D eigenvalue weighted by Crippen LogP contribution is -2.38. The summed E-state index contributed by atoms with van der Waals surface area (Å²) in [6, 6.07) is 31.2. The summed E-state index contributed by atoms with van der Waals surface area (Å²) in [7, 11) is -2.87. The van der Waals surface area contributed by atoms with Gasteiger partial charge in [0.1, 0.15) is 17.5 Å². The van der Waals surface area contributed by atoms with Crippen LogP contribution in [0.2, 0.25) is 0 Å². The molecule has 0 aliphatic heterocycles. The first-order valence-electron chi connectivity index (χ1n) is 12.7. The van der Waals surface area contributed by atoms with Crippen molar-refractivity contribution in [2.75, 3.05) is 0 Å². The van der Waals surface area contributed by atoms with Gasteiger partial charge in [-0.1, -0.05) is 119 Å². The van der Waals surface area contributed by atoms with Gasteiger partial charge in [0.25, 0.3) is 0 Å². The number of hydrogen-bond acceptors (Lipinski definition) is 3. The lowest BCUT2D eigenvalue weighted by atomic mass is 9.77. The van der Waals surface area contributed by atoms with Crippen LogP contribution in [0, 0.1) is 11.8 Å². The minimum Gasteiger partial charge on any atom is -0.243 e. The molecular formula is C30H36FN3O3P+. The van der Waals surface area contributed by atoms with Crippen LogP contribution >= 0.6 is 8.25 Å². The number of halogens is 1. The van der Waals surface area contributed by atoms with Crippen LogP contribution in [0.1, 0.15) is 56.6 Å². The predicted molar refractivity (Wildman–Crippen MR) is 149 cm³/mol. The lowest BCUT2D eigenvalue weighted by molar-refractivity contribution is 0.0368. The molecular weight excluding hydrogens is 500 g/mol. The molecule has 38 heavy (non-hydrogen) atoms. The van der Waals surface area contributed by atoms with Gasteiger partial charge in [0.05, 0.1) is 0 Å². The maximum atomic E-state index is 15.7. The van der Waals surface area contributed by atoms with Gasteiger partial charge in [0, 0.05) is 11.0 Å². The third-order valence-electron chi connectivity index (χ3n) is 7.11. The van der Waals surface area contributed by atoms with Gasteiger partial charge in [0.15, 0.2) is 5.82 Å². The number of alkyl halides is 1. The standard InChI is InChI=1S/C30H34FN3.HO3P/c1-23(2)29(31,24(3)4)21-20-28-32-22-34(33-28)30(25-14-8-5-9-15-25,26-16-10-6-11-17-26)27-18-12-7-13-19-27;1-4(2)3/h5-19,22-24H,20-21H2,1-4H3;(H-,1,2,3)/p+1. The van der Waals surface area contributed by atoms with E-state index in [1.165, 1.54) is 0 Å². The summed E-state index contributed by atoms with van der Waals surface area (Å²) >= 11 is 0. The van der Waals surface area contributed by atoms with Crippen LogP contribution < -0.4 is 0 Å². The number of hydrogen-bond donors (Lipinski definition) is 2. The average molecular weight is 537 g/mol. The second-order valence-corrected chi connectivity index (χ2v) is 10.4. The van der Waals surface area contributed by atoms with Gasteiger partial charge >= 0.3 is 8.25 Å². The van der Waals surface area contributed by atoms with Crippen molar-refractivity contribution in [1.29, 1.82) is 0 Å². The zero-order valence-corrected chi connectivity index (χ0v) is 23.2. The molecule has 4 aromatic rings. The molecule has 0 saturated carbocycles. The Morgan fingerprint density at radius 1 is 0.789 bits per heavy atom. The molecule has 0 radical (unpaired) electrons. The van der Waals surface area contributed by atoms with Crippen LogP contribution in [-0.4, -0.2) is 30.2 Å². The van der Waals surface area contributed by atoms with E-state index in [-0.39, 0.29) is 11.8 Å². The molecule has 0 bridgehead atoms. The normalized spacial score (nSPS) is 11.8. The molecule has 4 rings (SSSR count). The molecule has 0 aliphatic rings. The minimum absolute atomic E-state index is 0.0633. The molecule has 0 atom stereocenters. The Bertz CT molecular complexity index is 1170. The Kier molecular flexibility index (Phi) is 10.0. The molecule has 0 amide bonds. The Morgan fingerprint density at radius 3 is 1.50 bits per heavy atom. The van der Waals surface area contributed by atoms with Gasteiger partial charge in [-0.15, -0.1) is 9.79 Å². The van der Waals surface area contributed by atoms with E-state index in [2.05, 4.69) is 77.8 Å². The van der Waals surface area contributed by atoms with E-state index >= 15 is 4.39 Å². The number of aromatic nitrogens is 3. The summed E-state index contributed by atoms with van der Waals surface area (Å²) in [5.41, 5.74) is 1.33. The SMILES string of the molecule is CC(C)C(F)(CCc1ncn(C(c2ccccc2)(c2ccccc2)c2ccccc2)n1)C(C)C.O=[P+](O)O. The number of aryl methyl sites for hydroxylation is 1. The predicted octanol–water partition coefficient (Wildman–Crippen LogP) is 6.70. The molecule has 1 aromatic heterocycles. The average Bonchev–Trinajstić information content (AvgIpc) is 3.38. The number of nitrogens with zero attached hydrogens (tertiary/aromatic N) is 3. The fourth-order valence-electron chi connectivity index (χ4n) is 5.06. The van der Waals surface area contributed by atoms with Gasteiger partial charge in [-0.2, -0.15) is 5.10 Å². The van der Waals surface area contributed by atoms with Gasteiger partial charge in [-0.05, 0) is 34.9 Å². The highest BCUT2D eigenvalue weighted by molar-refractivity contribution is 7.30. The molecule has 200 valence electrons. The first-order chi connectivity index (χ1) is 18.1. The van der Waals surface area contributed by atoms with Crippen molar-refractivity contribution in [2.24, 2.45) is 11.8 Å². The number of rotatable bonds is 9. The summed E-state index contributed by atoms with van der Waals surface area (Å²) in [6.45, 7) is 7.82. The Hall–Kier alpha value is -3.25. The molecule has 0 fully saturated rings. The van der Waals surface area contributed by atoms with Crippen LogP contribution in [0.25, 0.3) is 0 Å². The molecule has 3 aromatic carbocycles. The molecule has 0 unspecified atom stereocenters. The van der Waals surface area contributed by atoms with E-state index in [4.69, 9.17) is 19.5 Å². The van der Waals surface area contributed by atoms with Crippen LogP contribution in [0.4, 0.5) is 4.39 Å². The highest BCUT2D eigenvalue weighted by Gasteiger charge is 2.40. The van der Waals surface area contributed by atoms with Gasteiger partial charge in [-0.3, -0.25) is 0 Å². The van der Waals surface area contributed by atoms with E-state index in [9.17, 15) is 0 Å². The van der Waals surface area contributed by atoms with Crippen molar-refractivity contribution < 1.29 is 18.7 Å². The monoisotopic (exact) mass is 536 g/mol. The molecule has 8 heteroatoms. The van der Waals surface area contributed by atoms with E-state index in [0.717, 1.165) is 16.7 Å². The van der Waals surface area contributed by atoms with Crippen molar-refractivity contribution in [2.45, 2.75) is 51.7 Å². The topological polar surface area (TPSA) is 88.2 Å². The van der Waals surface area contributed by atoms with Crippen molar-refractivity contribution in [3.05, 3.63) is 120 Å². The third-order valence-corrected chi connectivity index (χ3v) is 7.11. The van der Waals surface area contributed by atoms with E-state index in [0.29, 0.717) is 18.7 Å². The van der Waals surface area contributed by atoms with Gasteiger partial charge in [-0.25, -0.2) is 14.1 Å². The fraction of sp³-hybridized carbons (Fsp3) is 0.333. The molecule has 0 saturated heterocycles. The number of benzene rings is 3. The maximum absolute atomic E-state index is 15.7. The molecule has 0 aliphatic carbocycles. The summed E-state index contributed by atoms with van der Waals surface area (Å²) < 4.78 is 26.4. The minimum atomic E-state index is -2.87. The van der Waals surface area contributed by atoms with Crippen LogP contribution in [0.5, 0.6) is 0 Å². The van der Waals surface area contributed by atoms with Crippen molar-refractivity contribution >= 4 is 8.25 Å². The van der Waals surface area contributed by atoms with Crippen LogP contribution in [0.3, 0.4) is 0 Å². The van der Waals surface area contributed by atoms with Crippen LogP contribution in [0.15, 0.2) is 97.3 Å². The smallest absolute Gasteiger partial charge is 0.243 e. The highest BCUT2D eigenvalue weighted by Crippen LogP contribution is 2.40. The first kappa shape index (κ1) is 29.3. The van der Waals surface area contributed by atoms with E-state index in [1.807, 2.05) is 50.6 Å². The summed E-state index contributed by atoms with van der Waals surface area (Å²) in [6.07, 6.45) is 2.70. The second kappa shape index (κ2) is 13.0. The van der Waals surface area contributed by atoms with Crippen molar-refractivity contribution in [1.82, 2.24) is 14.8 Å². The van der Waals surface area contributed by atoms with Crippen molar-refractivity contribution in [3.8, 4) is 0 Å². The van der Waals surface area contributed by atoms with E-state index < -0.39 is 19.5 Å². The Morgan fingerprint density at radius 2 is 1.16 bits per heavy atom. The van der Waals surface area contributed by atoms with Gasteiger partial charge in [0.2, 0.25) is 0 Å². The fourth-order valence-corrected chi connectivity index (χ4v) is 5.06. The molecule has 6 nitrogen and oxygen atoms in total. The quantitative estimate of drug-likeness (QED) is 0.184. The second-order valence-electron chi connectivity index (χ2n) is 9.90. The Balaban J connectivity index is 0.000000934. The zero-order chi connectivity index (χ0) is 27.8.